The van der Waals surface area contributed by atoms with Gasteiger partial charge in [-0.05, 0) is 35.4 Å². The van der Waals surface area contributed by atoms with Gasteiger partial charge in [0.15, 0.2) is 0 Å². The Kier molecular flexibility index (Phi) is 8.88. The van der Waals surface area contributed by atoms with Crippen LogP contribution in [0.15, 0.2) is 60.7 Å². The van der Waals surface area contributed by atoms with Gasteiger partial charge >= 0.3 is 0 Å². The fourth-order valence-corrected chi connectivity index (χ4v) is 2.98. The molecule has 3 aromatic carbocycles. The molecule has 158 valence electrons. The average Bonchev–Trinajstić information content (AvgIpc) is 2.77. The fraction of sp³-hybridized carbons (Fsp3) is 0.280. The second kappa shape index (κ2) is 11.6. The molecule has 30 heavy (non-hydrogen) atoms. The van der Waals surface area contributed by atoms with Crippen molar-refractivity contribution in [2.24, 2.45) is 0 Å². The van der Waals surface area contributed by atoms with Crippen LogP contribution >= 0.6 is 0 Å². The van der Waals surface area contributed by atoms with Gasteiger partial charge in [0.25, 0.3) is 11.8 Å². The van der Waals surface area contributed by atoms with Gasteiger partial charge in [-0.25, -0.2) is 0 Å². The van der Waals surface area contributed by atoms with Crippen LogP contribution in [0.4, 0.5) is 5.69 Å². The van der Waals surface area contributed by atoms with Crippen LogP contribution in [0.5, 0.6) is 5.75 Å². The zero-order chi connectivity index (χ0) is 21.9. The highest BCUT2D eigenvalue weighted by Crippen LogP contribution is 2.28. The Morgan fingerprint density at radius 1 is 0.867 bits per heavy atom. The van der Waals surface area contributed by atoms with E-state index < -0.39 is 0 Å². The number of hydrogen-bond acceptors (Lipinski definition) is 3. The Labute approximate surface area is 178 Å². The first-order valence-corrected chi connectivity index (χ1v) is 10.3. The molecule has 5 nitrogen and oxygen atoms in total. The van der Waals surface area contributed by atoms with E-state index in [0.717, 1.165) is 17.2 Å². The maximum atomic E-state index is 12.9. The van der Waals surface area contributed by atoms with Crippen molar-refractivity contribution in [3.05, 3.63) is 71.8 Å². The van der Waals surface area contributed by atoms with Crippen molar-refractivity contribution in [2.45, 2.75) is 33.6 Å². The van der Waals surface area contributed by atoms with Crippen molar-refractivity contribution in [3.8, 4) is 5.75 Å². The maximum absolute atomic E-state index is 12.9. The highest BCUT2D eigenvalue weighted by molar-refractivity contribution is 6.15. The number of nitrogens with one attached hydrogen (secondary N) is 2. The molecule has 0 radical (unpaired) electrons. The molecule has 3 rings (SSSR count). The molecule has 0 saturated heterocycles. The van der Waals surface area contributed by atoms with E-state index in [9.17, 15) is 9.59 Å². The van der Waals surface area contributed by atoms with Crippen molar-refractivity contribution >= 4 is 28.3 Å². The molecular formula is C25H30N2O3. The summed E-state index contributed by atoms with van der Waals surface area (Å²) in [6.45, 7) is 6.78. The molecule has 3 aromatic rings. The van der Waals surface area contributed by atoms with Gasteiger partial charge in [-0.1, -0.05) is 69.7 Å². The monoisotopic (exact) mass is 406 g/mol. The number of ether oxygens (including phenoxy) is 1. The molecule has 0 atom stereocenters. The van der Waals surface area contributed by atoms with Crippen LogP contribution in [0.3, 0.4) is 0 Å². The fourth-order valence-electron chi connectivity index (χ4n) is 2.98. The van der Waals surface area contributed by atoms with E-state index >= 15 is 0 Å². The van der Waals surface area contributed by atoms with E-state index in [1.165, 1.54) is 13.5 Å². The molecule has 0 saturated carbocycles. The van der Waals surface area contributed by atoms with Gasteiger partial charge in [-0.2, -0.15) is 0 Å². The minimum atomic E-state index is -0.275. The highest BCUT2D eigenvalue weighted by atomic mass is 16.5. The molecule has 5 heteroatoms. The molecule has 0 spiro atoms. The van der Waals surface area contributed by atoms with Crippen molar-refractivity contribution in [3.63, 3.8) is 0 Å². The topological polar surface area (TPSA) is 67.4 Å². The number of fused-ring (bicyclic) bond motifs is 1. The van der Waals surface area contributed by atoms with Crippen LogP contribution in [0.1, 0.15) is 54.3 Å². The van der Waals surface area contributed by atoms with Crippen LogP contribution in [-0.4, -0.2) is 25.5 Å². The summed E-state index contributed by atoms with van der Waals surface area (Å²) in [6.07, 6.45) is 2.07. The first-order valence-electron chi connectivity index (χ1n) is 10.3. The standard InChI is InChI=1S/C22H22N2O3.C3H8/c1-3-14-23-22(26)20-18(12-7-13-19(20)27-2)24-21(25)17-11-6-9-15-8-4-5-10-16(15)17;1-3-2/h4-13H,3,14H2,1-2H3,(H,23,26)(H,24,25);3H2,1-2H3. The second-order valence-electron chi connectivity index (χ2n) is 6.83. The molecular weight excluding hydrogens is 376 g/mol. The lowest BCUT2D eigenvalue weighted by Crippen LogP contribution is -2.26. The number of carbonyl (C=O) groups is 2. The first kappa shape index (κ1) is 22.9. The predicted octanol–water partition coefficient (Wildman–Crippen LogP) is 5.66. The average molecular weight is 407 g/mol. The van der Waals surface area contributed by atoms with Gasteiger partial charge in [0.1, 0.15) is 11.3 Å². The smallest absolute Gasteiger partial charge is 0.257 e. The van der Waals surface area contributed by atoms with Gasteiger partial charge in [0.05, 0.1) is 12.8 Å². The second-order valence-corrected chi connectivity index (χ2v) is 6.83. The molecule has 2 amide bonds. The first-order chi connectivity index (χ1) is 14.6. The lowest BCUT2D eigenvalue weighted by molar-refractivity contribution is 0.0951. The van der Waals surface area contributed by atoms with Crippen molar-refractivity contribution in [2.75, 3.05) is 19.0 Å². The summed E-state index contributed by atoms with van der Waals surface area (Å²) in [4.78, 5) is 25.5. The quantitative estimate of drug-likeness (QED) is 0.555. The van der Waals surface area contributed by atoms with Crippen molar-refractivity contribution in [1.82, 2.24) is 5.32 Å². The minimum absolute atomic E-state index is 0.274. The molecule has 2 N–H and O–H groups in total. The van der Waals surface area contributed by atoms with E-state index in [1.54, 1.807) is 24.3 Å². The lowest BCUT2D eigenvalue weighted by Gasteiger charge is -2.15. The molecule has 0 unspecified atom stereocenters. The van der Waals surface area contributed by atoms with Crippen molar-refractivity contribution in [1.29, 1.82) is 0 Å². The summed E-state index contributed by atoms with van der Waals surface area (Å²) in [5.41, 5.74) is 1.29. The van der Waals surface area contributed by atoms with Crippen LogP contribution < -0.4 is 15.4 Å². The minimum Gasteiger partial charge on any atom is -0.496 e. The normalized spacial score (nSPS) is 10.0. The summed E-state index contributed by atoms with van der Waals surface area (Å²) < 4.78 is 5.33. The zero-order valence-electron chi connectivity index (χ0n) is 18.1. The summed E-state index contributed by atoms with van der Waals surface area (Å²) in [5.74, 6) is -0.133. The summed E-state index contributed by atoms with van der Waals surface area (Å²) in [5, 5.41) is 7.55. The Hall–Kier alpha value is -3.34. The number of methoxy groups -OCH3 is 1. The van der Waals surface area contributed by atoms with Crippen molar-refractivity contribution < 1.29 is 14.3 Å². The third kappa shape index (κ3) is 5.60. The number of carbonyl (C=O) groups excluding carboxylic acids is 2. The van der Waals surface area contributed by atoms with Crippen LogP contribution in [0, 0.1) is 0 Å². The van der Waals surface area contributed by atoms with Crippen LogP contribution in [0.2, 0.25) is 0 Å². The third-order valence-electron chi connectivity index (χ3n) is 4.29. The summed E-state index contributed by atoms with van der Waals surface area (Å²) >= 11 is 0. The summed E-state index contributed by atoms with van der Waals surface area (Å²) in [6, 6.07) is 18.4. The van der Waals surface area contributed by atoms with E-state index in [-0.39, 0.29) is 11.8 Å². The van der Waals surface area contributed by atoms with Crippen LogP contribution in [0.25, 0.3) is 10.8 Å². The van der Waals surface area contributed by atoms with Gasteiger partial charge in [-0.15, -0.1) is 0 Å². The predicted molar refractivity (Wildman–Crippen MR) is 123 cm³/mol. The lowest BCUT2D eigenvalue weighted by atomic mass is 10.0. The SMILES string of the molecule is CCC.CCCNC(=O)c1c(NC(=O)c2cccc3ccccc23)cccc1OC. The maximum Gasteiger partial charge on any atom is 0.257 e. The summed E-state index contributed by atoms with van der Waals surface area (Å²) in [7, 11) is 1.50. The number of hydrogen-bond donors (Lipinski definition) is 2. The van der Waals surface area contributed by atoms with E-state index in [1.807, 2.05) is 43.3 Å². The van der Waals surface area contributed by atoms with E-state index in [0.29, 0.717) is 29.1 Å². The number of anilines is 1. The molecule has 0 aliphatic heterocycles. The molecule has 0 bridgehead atoms. The largest absolute Gasteiger partial charge is 0.496 e. The van der Waals surface area contributed by atoms with E-state index in [4.69, 9.17) is 4.74 Å². The Balaban J connectivity index is 0.00000101. The highest BCUT2D eigenvalue weighted by Gasteiger charge is 2.19. The Bertz CT molecular complexity index is 993. The van der Waals surface area contributed by atoms with Gasteiger partial charge in [0.2, 0.25) is 0 Å². The molecule has 0 aliphatic rings. The number of benzene rings is 3. The van der Waals surface area contributed by atoms with Gasteiger partial charge in [-0.3, -0.25) is 9.59 Å². The van der Waals surface area contributed by atoms with Crippen LogP contribution in [-0.2, 0) is 0 Å². The zero-order valence-corrected chi connectivity index (χ0v) is 18.1. The molecule has 0 aliphatic carbocycles. The Morgan fingerprint density at radius 3 is 2.23 bits per heavy atom. The molecule has 0 fully saturated rings. The Morgan fingerprint density at radius 2 is 1.53 bits per heavy atom. The van der Waals surface area contributed by atoms with E-state index in [2.05, 4.69) is 24.5 Å². The van der Waals surface area contributed by atoms with Gasteiger partial charge < -0.3 is 15.4 Å². The number of amides is 2. The van der Waals surface area contributed by atoms with Gasteiger partial charge in [0, 0.05) is 12.1 Å². The number of rotatable bonds is 6. The molecule has 0 heterocycles. The third-order valence-corrected chi connectivity index (χ3v) is 4.29. The molecule has 0 aromatic heterocycles.